The Kier molecular flexibility index (Phi) is 4.92. The van der Waals surface area contributed by atoms with Crippen LogP contribution < -0.4 is 4.74 Å². The monoisotopic (exact) mass is 222 g/mol. The van der Waals surface area contributed by atoms with Crippen LogP contribution in [0.3, 0.4) is 0 Å². The molecule has 0 saturated carbocycles. The van der Waals surface area contributed by atoms with Crippen LogP contribution in [-0.4, -0.2) is 19.7 Å². The van der Waals surface area contributed by atoms with E-state index in [-0.39, 0.29) is 13.2 Å². The molecule has 4 nitrogen and oxygen atoms in total. The molecule has 0 aliphatic rings. The lowest BCUT2D eigenvalue weighted by Crippen LogP contribution is -2.10. The minimum Gasteiger partial charge on any atom is -0.497 e. The zero-order valence-corrected chi connectivity index (χ0v) is 9.14. The van der Waals surface area contributed by atoms with E-state index in [1.807, 2.05) is 24.3 Å². The van der Waals surface area contributed by atoms with Gasteiger partial charge in [-0.15, -0.1) is 0 Å². The number of carbonyl (C=O) groups excluding carboxylic acids is 1. The zero-order valence-electron chi connectivity index (χ0n) is 9.14. The van der Waals surface area contributed by atoms with Gasteiger partial charge in [0, 0.05) is 0 Å². The Morgan fingerprint density at radius 3 is 2.62 bits per heavy atom. The molecule has 0 aliphatic heterocycles. The maximum absolute atomic E-state index is 11.1. The number of esters is 1. The average molecular weight is 222 g/mol. The maximum Gasteiger partial charge on any atom is 0.344 e. The molecule has 0 radical (unpaired) electrons. The van der Waals surface area contributed by atoms with E-state index >= 15 is 0 Å². The summed E-state index contributed by atoms with van der Waals surface area (Å²) in [6.45, 7) is 3.44. The highest BCUT2D eigenvalue weighted by molar-refractivity contribution is 5.70. The van der Waals surface area contributed by atoms with E-state index < -0.39 is 5.97 Å². The largest absolute Gasteiger partial charge is 0.497 e. The van der Waals surface area contributed by atoms with Crippen molar-refractivity contribution in [3.63, 3.8) is 0 Å². The molecule has 4 heteroatoms. The molecule has 0 amide bonds. The average Bonchev–Trinajstić information content (AvgIpc) is 2.34. The van der Waals surface area contributed by atoms with Crippen LogP contribution in [0.4, 0.5) is 0 Å². The van der Waals surface area contributed by atoms with Crippen LogP contribution in [0.15, 0.2) is 37.1 Å². The number of hydrogen-bond donors (Lipinski definition) is 0. The van der Waals surface area contributed by atoms with Gasteiger partial charge in [-0.1, -0.05) is 18.7 Å². The van der Waals surface area contributed by atoms with E-state index in [1.54, 1.807) is 7.11 Å². The van der Waals surface area contributed by atoms with Crippen molar-refractivity contribution < 1.29 is 19.0 Å². The van der Waals surface area contributed by atoms with Crippen LogP contribution >= 0.6 is 0 Å². The first-order valence-corrected chi connectivity index (χ1v) is 4.77. The second-order valence-corrected chi connectivity index (χ2v) is 2.99. The Hall–Kier alpha value is -1.97. The van der Waals surface area contributed by atoms with E-state index in [4.69, 9.17) is 9.47 Å². The molecule has 1 aromatic carbocycles. The van der Waals surface area contributed by atoms with Gasteiger partial charge < -0.3 is 14.2 Å². The molecule has 0 aromatic heterocycles. The number of carbonyl (C=O) groups is 1. The first-order chi connectivity index (χ1) is 7.76. The fourth-order valence-corrected chi connectivity index (χ4v) is 1.05. The Morgan fingerprint density at radius 2 is 2.06 bits per heavy atom. The van der Waals surface area contributed by atoms with Crippen molar-refractivity contribution >= 4 is 5.97 Å². The van der Waals surface area contributed by atoms with E-state index in [2.05, 4.69) is 11.3 Å². The second kappa shape index (κ2) is 6.50. The second-order valence-electron chi connectivity index (χ2n) is 2.99. The van der Waals surface area contributed by atoms with E-state index in [1.165, 1.54) is 6.26 Å². The predicted octanol–water partition coefficient (Wildman–Crippen LogP) is 1.90. The standard InChI is InChI=1S/C12H14O4/c1-3-15-9-12(13)16-8-10-4-6-11(14-2)7-5-10/h3-7H,1,8-9H2,2H3. The fourth-order valence-electron chi connectivity index (χ4n) is 1.05. The van der Waals surface area contributed by atoms with Crippen molar-refractivity contribution in [1.82, 2.24) is 0 Å². The smallest absolute Gasteiger partial charge is 0.344 e. The quantitative estimate of drug-likeness (QED) is 0.544. The summed E-state index contributed by atoms with van der Waals surface area (Å²) >= 11 is 0. The van der Waals surface area contributed by atoms with Gasteiger partial charge >= 0.3 is 5.97 Å². The van der Waals surface area contributed by atoms with Gasteiger partial charge in [-0.3, -0.25) is 0 Å². The Balaban J connectivity index is 2.36. The van der Waals surface area contributed by atoms with Gasteiger partial charge in [0.05, 0.1) is 13.4 Å². The van der Waals surface area contributed by atoms with Crippen molar-refractivity contribution in [2.45, 2.75) is 6.61 Å². The first kappa shape index (κ1) is 12.1. The maximum atomic E-state index is 11.1. The van der Waals surface area contributed by atoms with Crippen LogP contribution in [0.25, 0.3) is 0 Å². The van der Waals surface area contributed by atoms with Crippen LogP contribution in [0.2, 0.25) is 0 Å². The third kappa shape index (κ3) is 4.04. The summed E-state index contributed by atoms with van der Waals surface area (Å²) < 4.78 is 14.6. The van der Waals surface area contributed by atoms with Crippen molar-refractivity contribution in [1.29, 1.82) is 0 Å². The highest BCUT2D eigenvalue weighted by atomic mass is 16.6. The minimum absolute atomic E-state index is 0.111. The molecule has 0 heterocycles. The molecule has 0 fully saturated rings. The SMILES string of the molecule is C=COCC(=O)OCc1ccc(OC)cc1. The Bertz CT molecular complexity index is 343. The number of ether oxygens (including phenoxy) is 3. The minimum atomic E-state index is -0.421. The summed E-state index contributed by atoms with van der Waals surface area (Å²) in [4.78, 5) is 11.1. The van der Waals surface area contributed by atoms with Crippen LogP contribution in [0, 0.1) is 0 Å². The summed E-state index contributed by atoms with van der Waals surface area (Å²) in [6, 6.07) is 7.29. The summed E-state index contributed by atoms with van der Waals surface area (Å²) in [7, 11) is 1.60. The molecule has 0 bridgehead atoms. The highest BCUT2D eigenvalue weighted by Gasteiger charge is 2.02. The fraction of sp³-hybridized carbons (Fsp3) is 0.250. The third-order valence-electron chi connectivity index (χ3n) is 1.88. The number of rotatable bonds is 6. The lowest BCUT2D eigenvalue weighted by atomic mass is 10.2. The number of hydrogen-bond acceptors (Lipinski definition) is 4. The molecule has 1 aromatic rings. The molecule has 86 valence electrons. The van der Waals surface area contributed by atoms with Crippen LogP contribution in [0.5, 0.6) is 5.75 Å². The molecule has 0 N–H and O–H groups in total. The molecule has 0 atom stereocenters. The summed E-state index contributed by atoms with van der Waals surface area (Å²) in [5.74, 6) is 0.348. The summed E-state index contributed by atoms with van der Waals surface area (Å²) in [6.07, 6.45) is 1.20. The molecular weight excluding hydrogens is 208 g/mol. The van der Waals surface area contributed by atoms with E-state index in [0.717, 1.165) is 11.3 Å². The summed E-state index contributed by atoms with van der Waals surface area (Å²) in [5.41, 5.74) is 0.896. The predicted molar refractivity (Wildman–Crippen MR) is 58.9 cm³/mol. The molecule has 0 saturated heterocycles. The highest BCUT2D eigenvalue weighted by Crippen LogP contribution is 2.11. The van der Waals surface area contributed by atoms with Gasteiger partial charge in [0.2, 0.25) is 0 Å². The first-order valence-electron chi connectivity index (χ1n) is 4.77. The molecular formula is C12H14O4. The Morgan fingerprint density at radius 1 is 1.38 bits per heavy atom. The van der Waals surface area contributed by atoms with Crippen molar-refractivity contribution in [2.75, 3.05) is 13.7 Å². The molecule has 16 heavy (non-hydrogen) atoms. The number of methoxy groups -OCH3 is 1. The van der Waals surface area contributed by atoms with Crippen molar-refractivity contribution in [3.8, 4) is 5.75 Å². The van der Waals surface area contributed by atoms with Gasteiger partial charge in [-0.25, -0.2) is 4.79 Å². The normalized spacial score (nSPS) is 9.31. The topological polar surface area (TPSA) is 44.8 Å². The van der Waals surface area contributed by atoms with Crippen LogP contribution in [0.1, 0.15) is 5.56 Å². The van der Waals surface area contributed by atoms with Crippen molar-refractivity contribution in [3.05, 3.63) is 42.7 Å². The number of benzene rings is 1. The van der Waals surface area contributed by atoms with Gasteiger partial charge in [0.25, 0.3) is 0 Å². The van der Waals surface area contributed by atoms with Gasteiger partial charge in [0.15, 0.2) is 6.61 Å². The molecule has 0 unspecified atom stereocenters. The lowest BCUT2D eigenvalue weighted by Gasteiger charge is -2.05. The molecule has 1 rings (SSSR count). The van der Waals surface area contributed by atoms with E-state index in [0.29, 0.717) is 0 Å². The zero-order chi connectivity index (χ0) is 11.8. The van der Waals surface area contributed by atoms with E-state index in [9.17, 15) is 4.79 Å². The summed E-state index contributed by atoms with van der Waals surface area (Å²) in [5, 5.41) is 0. The van der Waals surface area contributed by atoms with Crippen molar-refractivity contribution in [2.24, 2.45) is 0 Å². The Labute approximate surface area is 94.4 Å². The third-order valence-corrected chi connectivity index (χ3v) is 1.88. The lowest BCUT2D eigenvalue weighted by molar-refractivity contribution is -0.148. The van der Waals surface area contributed by atoms with Gasteiger partial charge in [-0.05, 0) is 17.7 Å². The van der Waals surface area contributed by atoms with Crippen LogP contribution in [-0.2, 0) is 20.9 Å². The van der Waals surface area contributed by atoms with Gasteiger partial charge in [0.1, 0.15) is 12.4 Å². The molecule has 0 spiro atoms. The van der Waals surface area contributed by atoms with Gasteiger partial charge in [-0.2, -0.15) is 0 Å². The molecule has 0 aliphatic carbocycles.